The highest BCUT2D eigenvalue weighted by Gasteiger charge is 2.31. The van der Waals surface area contributed by atoms with Crippen molar-refractivity contribution in [3.05, 3.63) is 115 Å². The van der Waals surface area contributed by atoms with Crippen LogP contribution >= 0.6 is 0 Å². The van der Waals surface area contributed by atoms with Crippen molar-refractivity contribution in [1.29, 1.82) is 0 Å². The third-order valence-corrected chi connectivity index (χ3v) is 12.1. The number of rotatable bonds is 16. The number of nitrogens with one attached hydrogen (secondary N) is 1. The third kappa shape index (κ3) is 10.8. The maximum atomic E-state index is 14.0. The van der Waals surface area contributed by atoms with Crippen molar-refractivity contribution < 1.29 is 36.9 Å². The Balaban J connectivity index is 1.62. The molecule has 13 heteroatoms. The first-order valence-corrected chi connectivity index (χ1v) is 20.8. The average Bonchev–Trinajstić information content (AvgIpc) is 3.14. The predicted octanol–water partition coefficient (Wildman–Crippen LogP) is 6.44. The van der Waals surface area contributed by atoms with Gasteiger partial charge in [0.15, 0.2) is 23.6 Å². The van der Waals surface area contributed by atoms with Crippen LogP contribution in [0.25, 0.3) is 0 Å². The molecule has 11 nitrogen and oxygen atoms in total. The minimum absolute atomic E-state index is 0.00570. The normalized spacial score (nSPS) is 12.6. The molecule has 1 atom stereocenters. The zero-order valence-corrected chi connectivity index (χ0v) is 33.7. The fraction of sp³-hybridized carbons (Fsp3) is 0.317. The molecule has 0 bridgehead atoms. The number of methoxy groups -OCH3 is 1. The predicted molar refractivity (Wildman–Crippen MR) is 213 cm³/mol. The highest BCUT2D eigenvalue weighted by Crippen LogP contribution is 2.42. The Kier molecular flexibility index (Phi) is 13.0. The largest absolute Gasteiger partial charge is 0.493 e. The zero-order valence-electron chi connectivity index (χ0n) is 31.8. The molecule has 1 heterocycles. The summed E-state index contributed by atoms with van der Waals surface area (Å²) in [6, 6.07) is 33.2. The lowest BCUT2D eigenvalue weighted by atomic mass is 9.87. The maximum absolute atomic E-state index is 14.0. The molecule has 54 heavy (non-hydrogen) atoms. The Bertz CT molecular complexity index is 2030. The number of aliphatic hydroxyl groups is 1. The number of hydrogen-bond acceptors (Lipinski definition) is 10. The van der Waals surface area contributed by atoms with Crippen LogP contribution in [-0.2, 0) is 19.9 Å². The fourth-order valence-corrected chi connectivity index (χ4v) is 8.79. The second kappa shape index (κ2) is 17.5. The monoisotopic (exact) mass is 771 g/mol. The van der Waals surface area contributed by atoms with Crippen LogP contribution in [0.15, 0.2) is 114 Å². The SMILES string of the molecule is COc1ccccc1Oc1c(NS(=O)(=O)c2ccc(C(C)(C)C)cc2)nc(OC(CC(C)(C)C)O[SiH](c2ccccc2)c2ccccc2)nc1OCCO. The first-order valence-electron chi connectivity index (χ1n) is 17.7. The van der Waals surface area contributed by atoms with Gasteiger partial charge in [0, 0.05) is 6.42 Å². The van der Waals surface area contributed by atoms with Crippen molar-refractivity contribution in [2.75, 3.05) is 25.0 Å². The number of ether oxygens (including phenoxy) is 4. The van der Waals surface area contributed by atoms with Crippen molar-refractivity contribution in [2.45, 2.75) is 64.6 Å². The van der Waals surface area contributed by atoms with Gasteiger partial charge in [-0.15, -0.1) is 0 Å². The molecule has 1 aromatic heterocycles. The Labute approximate surface area is 320 Å². The van der Waals surface area contributed by atoms with Crippen molar-refractivity contribution in [3.63, 3.8) is 0 Å². The Morgan fingerprint density at radius 3 is 1.89 bits per heavy atom. The van der Waals surface area contributed by atoms with Crippen LogP contribution in [0.5, 0.6) is 29.1 Å². The molecule has 0 fully saturated rings. The van der Waals surface area contributed by atoms with Gasteiger partial charge in [0.2, 0.25) is 14.8 Å². The van der Waals surface area contributed by atoms with Gasteiger partial charge in [-0.1, -0.05) is 126 Å². The summed E-state index contributed by atoms with van der Waals surface area (Å²) in [5.41, 5.74) is 0.526. The lowest BCUT2D eigenvalue weighted by molar-refractivity contribution is -0.0293. The van der Waals surface area contributed by atoms with E-state index >= 15 is 0 Å². The van der Waals surface area contributed by atoms with E-state index in [0.717, 1.165) is 15.9 Å². The van der Waals surface area contributed by atoms with Gasteiger partial charge in [-0.2, -0.15) is 9.97 Å². The van der Waals surface area contributed by atoms with Crippen molar-refractivity contribution >= 4 is 35.3 Å². The van der Waals surface area contributed by atoms with Gasteiger partial charge in [-0.05, 0) is 51.0 Å². The molecule has 5 aromatic rings. The number of para-hydroxylation sites is 2. The summed E-state index contributed by atoms with van der Waals surface area (Å²) in [4.78, 5) is 9.15. The molecular weight excluding hydrogens is 723 g/mol. The van der Waals surface area contributed by atoms with Crippen LogP contribution < -0.4 is 34.0 Å². The second-order valence-corrected chi connectivity index (χ2v) is 18.9. The molecule has 0 aliphatic carbocycles. The first-order chi connectivity index (χ1) is 25.7. The standard InChI is InChI=1S/C41H49N3O8SSi/c1-40(2,3)28-35(52-54(31-16-10-8-11-17-31)32-18-12-9-13-19-32)51-39-42-37(44-53(46,47)30-24-22-29(23-25-30)41(4,5)6)36(38(43-39)49-27-26-45)50-34-21-15-14-20-33(34)48-7/h8-25,35,45,54H,26-28H2,1-7H3,(H,42,43,44). The lowest BCUT2D eigenvalue weighted by Gasteiger charge is -2.30. The molecule has 2 N–H and O–H groups in total. The van der Waals surface area contributed by atoms with Crippen LogP contribution in [0, 0.1) is 5.41 Å². The van der Waals surface area contributed by atoms with E-state index in [1.807, 2.05) is 81.4 Å². The summed E-state index contributed by atoms with van der Waals surface area (Å²) in [6.45, 7) is 11.8. The van der Waals surface area contributed by atoms with Crippen LogP contribution in [-0.4, -0.2) is 59.1 Å². The number of nitrogens with zero attached hydrogens (tertiary/aromatic N) is 2. The molecule has 1 unspecified atom stereocenters. The Morgan fingerprint density at radius 2 is 1.35 bits per heavy atom. The highest BCUT2D eigenvalue weighted by atomic mass is 32.2. The highest BCUT2D eigenvalue weighted by molar-refractivity contribution is 7.92. The number of benzene rings is 4. The number of aromatic nitrogens is 2. The number of anilines is 1. The van der Waals surface area contributed by atoms with Gasteiger partial charge < -0.3 is 28.5 Å². The van der Waals surface area contributed by atoms with E-state index in [2.05, 4.69) is 35.5 Å². The quantitative estimate of drug-likeness (QED) is 0.0852. The van der Waals surface area contributed by atoms with Crippen LogP contribution in [0.1, 0.15) is 53.5 Å². The number of aliphatic hydroxyl groups excluding tert-OH is 1. The molecular formula is C41H49N3O8SSi. The molecule has 0 saturated carbocycles. The van der Waals surface area contributed by atoms with Gasteiger partial charge in [-0.25, -0.2) is 8.42 Å². The molecule has 0 radical (unpaired) electrons. The summed E-state index contributed by atoms with van der Waals surface area (Å²) in [6.07, 6.45) is -0.421. The molecule has 4 aromatic carbocycles. The molecule has 0 aliphatic rings. The third-order valence-electron chi connectivity index (χ3n) is 8.20. The maximum Gasteiger partial charge on any atom is 0.324 e. The van der Waals surface area contributed by atoms with Gasteiger partial charge in [-0.3, -0.25) is 4.72 Å². The fourth-order valence-electron chi connectivity index (χ4n) is 5.49. The summed E-state index contributed by atoms with van der Waals surface area (Å²) < 4.78 is 61.6. The van der Waals surface area contributed by atoms with E-state index in [1.54, 1.807) is 36.4 Å². The average molecular weight is 772 g/mol. The number of hydrogen-bond donors (Lipinski definition) is 2. The molecule has 0 amide bonds. The van der Waals surface area contributed by atoms with Crippen molar-refractivity contribution in [3.8, 4) is 29.1 Å². The van der Waals surface area contributed by atoms with Crippen molar-refractivity contribution in [1.82, 2.24) is 9.97 Å². The lowest BCUT2D eigenvalue weighted by Crippen LogP contribution is -2.49. The van der Waals surface area contributed by atoms with E-state index in [9.17, 15) is 13.5 Å². The van der Waals surface area contributed by atoms with Crippen LogP contribution in [0.4, 0.5) is 5.82 Å². The number of sulfonamides is 1. The smallest absolute Gasteiger partial charge is 0.324 e. The van der Waals surface area contributed by atoms with E-state index in [1.165, 1.54) is 19.2 Å². The molecule has 0 spiro atoms. The van der Waals surface area contributed by atoms with Crippen molar-refractivity contribution in [2.24, 2.45) is 5.41 Å². The van der Waals surface area contributed by atoms with Gasteiger partial charge >= 0.3 is 6.01 Å². The van der Waals surface area contributed by atoms with Gasteiger partial charge in [0.05, 0.1) is 18.6 Å². The second-order valence-electron chi connectivity index (χ2n) is 14.8. The van der Waals surface area contributed by atoms with Crippen LogP contribution in [0.2, 0.25) is 0 Å². The minimum Gasteiger partial charge on any atom is -0.493 e. The van der Waals surface area contributed by atoms with E-state index in [0.29, 0.717) is 12.2 Å². The zero-order chi connectivity index (χ0) is 38.9. The summed E-state index contributed by atoms with van der Waals surface area (Å²) >= 11 is 0. The molecule has 286 valence electrons. The van der Waals surface area contributed by atoms with E-state index in [-0.39, 0.29) is 58.1 Å². The summed E-state index contributed by atoms with van der Waals surface area (Å²) in [5, 5.41) is 11.8. The van der Waals surface area contributed by atoms with Gasteiger partial charge in [0.1, 0.15) is 6.61 Å². The van der Waals surface area contributed by atoms with E-state index < -0.39 is 25.4 Å². The Hall–Kier alpha value is -4.95. The summed E-state index contributed by atoms with van der Waals surface area (Å²) in [7, 11) is -5.09. The molecule has 5 rings (SSSR count). The first kappa shape index (κ1) is 40.2. The topological polar surface area (TPSA) is 138 Å². The molecule has 0 aliphatic heterocycles. The minimum atomic E-state index is -4.24. The Morgan fingerprint density at radius 1 is 0.778 bits per heavy atom. The van der Waals surface area contributed by atoms with Gasteiger partial charge in [0.25, 0.3) is 15.9 Å². The van der Waals surface area contributed by atoms with E-state index in [4.69, 9.17) is 23.4 Å². The molecule has 0 saturated heterocycles. The summed E-state index contributed by atoms with van der Waals surface area (Å²) in [5.74, 6) is 0.0243. The van der Waals surface area contributed by atoms with Crippen LogP contribution in [0.3, 0.4) is 0 Å².